The third kappa shape index (κ3) is 2.77. The Labute approximate surface area is 148 Å². The van der Waals surface area contributed by atoms with Gasteiger partial charge in [0.2, 0.25) is 0 Å². The Bertz CT molecular complexity index is 928. The second-order valence-corrected chi connectivity index (χ2v) is 7.30. The first-order chi connectivity index (χ1) is 12.0. The summed E-state index contributed by atoms with van der Waals surface area (Å²) in [5, 5.41) is 12.5. The molecule has 25 heavy (non-hydrogen) atoms. The number of fused-ring (bicyclic) bond motifs is 1. The van der Waals surface area contributed by atoms with Gasteiger partial charge >= 0.3 is 0 Å². The molecule has 1 aliphatic heterocycles. The van der Waals surface area contributed by atoms with Crippen LogP contribution in [-0.2, 0) is 6.54 Å². The zero-order valence-corrected chi connectivity index (χ0v) is 14.9. The molecular formula is C17H19N5O2S. The summed E-state index contributed by atoms with van der Waals surface area (Å²) in [6.07, 6.45) is 1.66. The van der Waals surface area contributed by atoms with Crippen LogP contribution in [0.1, 0.15) is 26.7 Å². The van der Waals surface area contributed by atoms with E-state index in [1.165, 1.54) is 11.3 Å². The normalized spacial score (nSPS) is 14.9. The van der Waals surface area contributed by atoms with Crippen molar-refractivity contribution in [1.82, 2.24) is 20.4 Å². The van der Waals surface area contributed by atoms with Crippen molar-refractivity contribution in [3.8, 4) is 0 Å². The molecule has 8 heteroatoms. The summed E-state index contributed by atoms with van der Waals surface area (Å²) in [7, 11) is 0. The van der Waals surface area contributed by atoms with Crippen LogP contribution in [0.25, 0.3) is 10.2 Å². The number of furan rings is 1. The van der Waals surface area contributed by atoms with Gasteiger partial charge in [0.25, 0.3) is 5.91 Å². The lowest BCUT2D eigenvalue weighted by atomic mass is 10.1. The fourth-order valence-corrected chi connectivity index (χ4v) is 4.04. The number of likely N-dealkylation sites (tertiary alicyclic amines) is 1. The van der Waals surface area contributed by atoms with E-state index in [2.05, 4.69) is 15.5 Å². The summed E-state index contributed by atoms with van der Waals surface area (Å²) in [6.45, 7) is 5.85. The summed E-state index contributed by atoms with van der Waals surface area (Å²) in [6, 6.07) is 4.07. The number of hydrogen-bond acceptors (Lipinski definition) is 7. The van der Waals surface area contributed by atoms with Gasteiger partial charge in [-0.05, 0) is 31.5 Å². The maximum Gasteiger partial charge on any atom is 0.266 e. The van der Waals surface area contributed by atoms with Crippen LogP contribution in [-0.4, -0.2) is 40.1 Å². The third-order valence-corrected chi connectivity index (χ3v) is 5.72. The second kappa shape index (κ2) is 6.12. The third-order valence-electron chi connectivity index (χ3n) is 4.64. The van der Waals surface area contributed by atoms with Crippen molar-refractivity contribution in [3.05, 3.63) is 40.3 Å². The summed E-state index contributed by atoms with van der Waals surface area (Å²) < 4.78 is 5.30. The van der Waals surface area contributed by atoms with E-state index < -0.39 is 0 Å². The Kier molecular flexibility index (Phi) is 3.93. The van der Waals surface area contributed by atoms with Crippen LogP contribution in [0.4, 0.5) is 5.69 Å². The fraction of sp³-hybridized carbons (Fsp3) is 0.353. The van der Waals surface area contributed by atoms with Gasteiger partial charge in [-0.1, -0.05) is 0 Å². The van der Waals surface area contributed by atoms with Crippen LogP contribution in [0.3, 0.4) is 0 Å². The van der Waals surface area contributed by atoms with Crippen LogP contribution in [0.2, 0.25) is 0 Å². The Morgan fingerprint density at radius 2 is 2.24 bits per heavy atom. The minimum atomic E-state index is -0.0337. The van der Waals surface area contributed by atoms with E-state index in [9.17, 15) is 4.79 Å². The highest BCUT2D eigenvalue weighted by Gasteiger charge is 2.33. The van der Waals surface area contributed by atoms with E-state index in [0.717, 1.165) is 27.2 Å². The van der Waals surface area contributed by atoms with Gasteiger partial charge in [-0.25, -0.2) is 0 Å². The Morgan fingerprint density at radius 1 is 1.44 bits per heavy atom. The number of hydrogen-bond donors (Lipinski definition) is 2. The van der Waals surface area contributed by atoms with Crippen molar-refractivity contribution in [2.24, 2.45) is 0 Å². The molecule has 3 N–H and O–H groups in total. The van der Waals surface area contributed by atoms with Crippen molar-refractivity contribution in [2.45, 2.75) is 26.4 Å². The quantitative estimate of drug-likeness (QED) is 0.742. The topological polar surface area (TPSA) is 97.3 Å². The molecule has 0 unspecified atom stereocenters. The molecule has 0 radical (unpaired) electrons. The number of nitrogen functional groups attached to an aromatic ring is 1. The maximum absolute atomic E-state index is 12.8. The molecular weight excluding hydrogens is 338 g/mol. The number of anilines is 1. The Hall–Kier alpha value is -2.45. The SMILES string of the molecule is Cc1nnc2sc(C(=O)N3CC(NCc4ccco4)C3)c(N)c2c1C. The molecule has 3 aromatic rings. The van der Waals surface area contributed by atoms with E-state index in [0.29, 0.717) is 30.2 Å². The predicted octanol–water partition coefficient (Wildman–Crippen LogP) is 2.10. The second-order valence-electron chi connectivity index (χ2n) is 6.30. The minimum Gasteiger partial charge on any atom is -0.468 e. The van der Waals surface area contributed by atoms with E-state index in [4.69, 9.17) is 10.2 Å². The molecule has 3 aromatic heterocycles. The van der Waals surface area contributed by atoms with Crippen LogP contribution < -0.4 is 11.1 Å². The van der Waals surface area contributed by atoms with Gasteiger partial charge in [0, 0.05) is 24.5 Å². The number of carbonyl (C=O) groups excluding carboxylic acids is 1. The largest absolute Gasteiger partial charge is 0.468 e. The van der Waals surface area contributed by atoms with Crippen LogP contribution in [0.15, 0.2) is 22.8 Å². The lowest BCUT2D eigenvalue weighted by Crippen LogP contribution is -2.59. The summed E-state index contributed by atoms with van der Waals surface area (Å²) in [4.78, 5) is 15.8. The number of aromatic nitrogens is 2. The van der Waals surface area contributed by atoms with Gasteiger partial charge in [0.1, 0.15) is 15.5 Å². The maximum atomic E-state index is 12.8. The van der Waals surface area contributed by atoms with Crippen molar-refractivity contribution < 1.29 is 9.21 Å². The number of nitrogens with zero attached hydrogens (tertiary/aromatic N) is 3. The zero-order valence-electron chi connectivity index (χ0n) is 14.1. The van der Waals surface area contributed by atoms with Gasteiger partial charge in [0.15, 0.2) is 0 Å². The van der Waals surface area contributed by atoms with E-state index in [-0.39, 0.29) is 11.9 Å². The van der Waals surface area contributed by atoms with Gasteiger partial charge in [-0.3, -0.25) is 4.79 Å². The molecule has 0 bridgehead atoms. The van der Waals surface area contributed by atoms with Crippen molar-refractivity contribution in [3.63, 3.8) is 0 Å². The van der Waals surface area contributed by atoms with E-state index in [1.54, 1.807) is 11.2 Å². The van der Waals surface area contributed by atoms with Gasteiger partial charge in [0.05, 0.1) is 24.2 Å². The van der Waals surface area contributed by atoms with Crippen LogP contribution in [0, 0.1) is 13.8 Å². The average Bonchev–Trinajstić information content (AvgIpc) is 3.17. The lowest BCUT2D eigenvalue weighted by molar-refractivity contribution is 0.0570. The van der Waals surface area contributed by atoms with Gasteiger partial charge < -0.3 is 20.4 Å². The lowest BCUT2D eigenvalue weighted by Gasteiger charge is -2.39. The molecule has 1 aliphatic rings. The number of aryl methyl sites for hydroxylation is 2. The Morgan fingerprint density at radius 3 is 2.96 bits per heavy atom. The van der Waals surface area contributed by atoms with E-state index in [1.807, 2.05) is 26.0 Å². The zero-order chi connectivity index (χ0) is 17.6. The molecule has 130 valence electrons. The molecule has 1 fully saturated rings. The summed E-state index contributed by atoms with van der Waals surface area (Å²) in [5.74, 6) is 0.858. The average molecular weight is 357 g/mol. The molecule has 1 amide bonds. The number of carbonyl (C=O) groups is 1. The molecule has 4 heterocycles. The molecule has 0 aliphatic carbocycles. The number of nitrogens with one attached hydrogen (secondary N) is 1. The first kappa shape index (κ1) is 16.0. The van der Waals surface area contributed by atoms with Gasteiger partial charge in [-0.15, -0.1) is 16.4 Å². The first-order valence-corrected chi connectivity index (χ1v) is 8.93. The monoisotopic (exact) mass is 357 g/mol. The smallest absolute Gasteiger partial charge is 0.266 e. The van der Waals surface area contributed by atoms with Crippen molar-refractivity contribution >= 4 is 33.1 Å². The number of rotatable bonds is 4. The summed E-state index contributed by atoms with van der Waals surface area (Å²) in [5.41, 5.74) is 8.59. The number of amides is 1. The highest BCUT2D eigenvalue weighted by atomic mass is 32.1. The standard InChI is InChI=1S/C17H19N5O2S/c1-9-10(2)20-21-16-13(9)14(18)15(25-16)17(23)22-7-11(8-22)19-6-12-4-3-5-24-12/h3-5,11,19H,6-8,18H2,1-2H3. The van der Waals surface area contributed by atoms with Gasteiger partial charge in [-0.2, -0.15) is 5.10 Å². The molecule has 0 saturated carbocycles. The molecule has 0 aromatic carbocycles. The Balaban J connectivity index is 1.45. The molecule has 4 rings (SSSR count). The molecule has 0 spiro atoms. The molecule has 7 nitrogen and oxygen atoms in total. The molecule has 1 saturated heterocycles. The fourth-order valence-electron chi connectivity index (χ4n) is 2.97. The van der Waals surface area contributed by atoms with E-state index >= 15 is 0 Å². The predicted molar refractivity (Wildman–Crippen MR) is 96.5 cm³/mol. The number of thiophene rings is 1. The molecule has 0 atom stereocenters. The highest BCUT2D eigenvalue weighted by Crippen LogP contribution is 2.36. The highest BCUT2D eigenvalue weighted by molar-refractivity contribution is 7.21. The van der Waals surface area contributed by atoms with Crippen molar-refractivity contribution in [1.29, 1.82) is 0 Å². The van der Waals surface area contributed by atoms with Crippen LogP contribution in [0.5, 0.6) is 0 Å². The minimum absolute atomic E-state index is 0.0337. The van der Waals surface area contributed by atoms with Crippen molar-refractivity contribution in [2.75, 3.05) is 18.8 Å². The number of nitrogens with two attached hydrogens (primary N) is 1. The summed E-state index contributed by atoms with van der Waals surface area (Å²) >= 11 is 1.32. The van der Waals surface area contributed by atoms with Crippen LogP contribution >= 0.6 is 11.3 Å². The first-order valence-electron chi connectivity index (χ1n) is 8.11.